The Morgan fingerprint density at radius 2 is 1.78 bits per heavy atom. The summed E-state index contributed by atoms with van der Waals surface area (Å²) in [5.74, 6) is 0.259. The van der Waals surface area contributed by atoms with Crippen LogP contribution in [0.2, 0.25) is 0 Å². The van der Waals surface area contributed by atoms with Crippen LogP contribution in [0, 0.1) is 0 Å². The molecule has 36 heavy (non-hydrogen) atoms. The molecule has 3 amide bonds. The third kappa shape index (κ3) is 6.32. The molecular weight excluding hydrogens is 456 g/mol. The summed E-state index contributed by atoms with van der Waals surface area (Å²) in [5, 5.41) is 9.59. The van der Waals surface area contributed by atoms with E-state index in [1.807, 2.05) is 24.3 Å². The van der Waals surface area contributed by atoms with Gasteiger partial charge in [0, 0.05) is 36.1 Å². The van der Waals surface area contributed by atoms with E-state index in [1.54, 1.807) is 44.3 Å². The van der Waals surface area contributed by atoms with Crippen LogP contribution in [0.4, 0.5) is 5.82 Å². The first-order chi connectivity index (χ1) is 17.4. The molecule has 0 unspecified atom stereocenters. The third-order valence-electron chi connectivity index (χ3n) is 5.09. The van der Waals surface area contributed by atoms with Crippen LogP contribution >= 0.6 is 0 Å². The fourth-order valence-corrected chi connectivity index (χ4v) is 3.30. The van der Waals surface area contributed by atoms with Crippen molar-refractivity contribution in [3.05, 3.63) is 109 Å². The van der Waals surface area contributed by atoms with Gasteiger partial charge in [0.05, 0.1) is 0 Å². The number of amides is 3. The van der Waals surface area contributed by atoms with Gasteiger partial charge in [-0.05, 0) is 60.2 Å². The number of benzene rings is 2. The van der Waals surface area contributed by atoms with Crippen molar-refractivity contribution in [3.8, 4) is 11.5 Å². The first-order valence-corrected chi connectivity index (χ1v) is 11.0. The lowest BCUT2D eigenvalue weighted by Gasteiger charge is -2.11. The molecule has 0 aliphatic carbocycles. The van der Waals surface area contributed by atoms with Gasteiger partial charge in [-0.1, -0.05) is 37.4 Å². The average Bonchev–Trinajstić information content (AvgIpc) is 2.89. The van der Waals surface area contributed by atoms with Gasteiger partial charge < -0.3 is 20.7 Å². The summed E-state index contributed by atoms with van der Waals surface area (Å²) in [6, 6.07) is 14.1. The quantitative estimate of drug-likeness (QED) is 0.304. The second-order valence-electron chi connectivity index (χ2n) is 7.44. The maximum Gasteiger partial charge on any atom is 0.256 e. The number of anilines is 1. The van der Waals surface area contributed by atoms with Crippen LogP contribution in [-0.2, 0) is 9.59 Å². The van der Waals surface area contributed by atoms with Crippen LogP contribution in [0.3, 0.4) is 0 Å². The minimum Gasteiger partial charge on any atom is -0.457 e. The Hall–Kier alpha value is -4.98. The van der Waals surface area contributed by atoms with Gasteiger partial charge in [0.2, 0.25) is 5.91 Å². The molecule has 0 aliphatic heterocycles. The molecule has 8 nitrogen and oxygen atoms in total. The van der Waals surface area contributed by atoms with E-state index >= 15 is 0 Å². The van der Waals surface area contributed by atoms with Crippen molar-refractivity contribution in [2.24, 2.45) is 0 Å². The van der Waals surface area contributed by atoms with Crippen LogP contribution in [0.15, 0.2) is 103 Å². The van der Waals surface area contributed by atoms with Gasteiger partial charge in [0.1, 0.15) is 17.3 Å². The number of fused-ring (bicyclic) bond motifs is 1. The smallest absolute Gasteiger partial charge is 0.256 e. The summed E-state index contributed by atoms with van der Waals surface area (Å²) >= 11 is 0. The summed E-state index contributed by atoms with van der Waals surface area (Å²) in [7, 11) is 1.59. The highest BCUT2D eigenvalue weighted by Gasteiger charge is 2.11. The molecule has 8 heteroatoms. The van der Waals surface area contributed by atoms with Gasteiger partial charge in [0.25, 0.3) is 11.8 Å². The van der Waals surface area contributed by atoms with E-state index in [4.69, 9.17) is 4.74 Å². The molecule has 0 atom stereocenters. The highest BCUT2D eigenvalue weighted by molar-refractivity contribution is 6.07. The number of aromatic nitrogens is 1. The van der Waals surface area contributed by atoms with Crippen LogP contribution in [-0.4, -0.2) is 29.8 Å². The number of ether oxygens (including phenoxy) is 1. The van der Waals surface area contributed by atoms with Gasteiger partial charge in [-0.15, -0.1) is 0 Å². The van der Waals surface area contributed by atoms with Crippen molar-refractivity contribution < 1.29 is 19.1 Å². The molecule has 1 heterocycles. The van der Waals surface area contributed by atoms with Crippen molar-refractivity contribution in [2.45, 2.75) is 6.92 Å². The van der Waals surface area contributed by atoms with E-state index in [0.717, 1.165) is 16.8 Å². The highest BCUT2D eigenvalue weighted by Crippen LogP contribution is 2.28. The SMILES string of the molecule is C=CC(=O)NC(=C/C)/C=C(\C=C)C(=O)Nc1cc(Oc2ccc3c(C(=O)NC)cccc3c2)ccn1. The third-order valence-corrected chi connectivity index (χ3v) is 5.09. The second-order valence-corrected chi connectivity index (χ2v) is 7.44. The van der Waals surface area contributed by atoms with E-state index in [2.05, 4.69) is 34.1 Å². The summed E-state index contributed by atoms with van der Waals surface area (Å²) in [5.41, 5.74) is 1.22. The summed E-state index contributed by atoms with van der Waals surface area (Å²) in [4.78, 5) is 40.6. The lowest BCUT2D eigenvalue weighted by Crippen LogP contribution is -2.20. The van der Waals surface area contributed by atoms with E-state index in [-0.39, 0.29) is 17.3 Å². The number of carbonyl (C=O) groups is 3. The van der Waals surface area contributed by atoms with Crippen molar-refractivity contribution in [1.82, 2.24) is 15.6 Å². The molecule has 2 aromatic carbocycles. The Morgan fingerprint density at radius 3 is 2.47 bits per heavy atom. The molecule has 182 valence electrons. The van der Waals surface area contributed by atoms with Crippen molar-refractivity contribution in [2.75, 3.05) is 12.4 Å². The van der Waals surface area contributed by atoms with Gasteiger partial charge in [0.15, 0.2) is 0 Å². The predicted molar refractivity (Wildman–Crippen MR) is 141 cm³/mol. The number of carbonyl (C=O) groups excluding carboxylic acids is 3. The molecule has 0 saturated heterocycles. The minimum absolute atomic E-state index is 0.165. The first kappa shape index (κ1) is 25.6. The fourth-order valence-electron chi connectivity index (χ4n) is 3.30. The lowest BCUT2D eigenvalue weighted by molar-refractivity contribution is -0.116. The zero-order valence-electron chi connectivity index (χ0n) is 20.0. The zero-order chi connectivity index (χ0) is 26.1. The molecule has 0 fully saturated rings. The molecule has 3 aromatic rings. The van der Waals surface area contributed by atoms with Gasteiger partial charge in [-0.25, -0.2) is 4.98 Å². The molecular formula is C28H26N4O4. The molecule has 0 saturated carbocycles. The molecule has 0 spiro atoms. The molecule has 3 N–H and O–H groups in total. The minimum atomic E-state index is -0.464. The number of rotatable bonds is 9. The van der Waals surface area contributed by atoms with Gasteiger partial charge in [-0.2, -0.15) is 0 Å². The average molecular weight is 483 g/mol. The summed E-state index contributed by atoms with van der Waals surface area (Å²) in [6.45, 7) is 8.81. The van der Waals surface area contributed by atoms with E-state index in [9.17, 15) is 14.4 Å². The first-order valence-electron chi connectivity index (χ1n) is 11.0. The number of allylic oxidation sites excluding steroid dienone is 2. The maximum atomic E-state index is 12.8. The number of nitrogens with zero attached hydrogens (tertiary/aromatic N) is 1. The van der Waals surface area contributed by atoms with Gasteiger partial charge in [-0.3, -0.25) is 14.4 Å². The number of hydrogen-bond acceptors (Lipinski definition) is 5. The largest absolute Gasteiger partial charge is 0.457 e. The Balaban J connectivity index is 1.78. The maximum absolute atomic E-state index is 12.8. The van der Waals surface area contributed by atoms with Crippen molar-refractivity contribution in [3.63, 3.8) is 0 Å². The zero-order valence-corrected chi connectivity index (χ0v) is 20.0. The van der Waals surface area contributed by atoms with Crippen LogP contribution < -0.4 is 20.7 Å². The molecule has 0 bridgehead atoms. The van der Waals surface area contributed by atoms with Gasteiger partial charge >= 0.3 is 0 Å². The lowest BCUT2D eigenvalue weighted by atomic mass is 10.0. The number of nitrogens with one attached hydrogen (secondary N) is 3. The fraction of sp³-hybridized carbons (Fsp3) is 0.0714. The standard InChI is InChI=1S/C28H26N4O4/c1-5-18(15-20(6-2)31-26(33)7-3)27(34)32-25-17-22(13-14-30-25)36-21-11-12-23-19(16-21)9-8-10-24(23)28(35)29-4/h5-17H,1,3H2,2,4H3,(H,29,35)(H,31,33)(H,30,32,34)/b18-15+,20-6+. The van der Waals surface area contributed by atoms with Crippen LogP contribution in [0.25, 0.3) is 10.8 Å². The van der Waals surface area contributed by atoms with E-state index in [1.165, 1.54) is 18.3 Å². The predicted octanol–water partition coefficient (Wildman–Crippen LogP) is 4.64. The van der Waals surface area contributed by atoms with Crippen molar-refractivity contribution in [1.29, 1.82) is 0 Å². The normalized spacial score (nSPS) is 11.4. The number of hydrogen-bond donors (Lipinski definition) is 3. The molecule has 1 aromatic heterocycles. The van der Waals surface area contributed by atoms with Crippen LogP contribution in [0.1, 0.15) is 17.3 Å². The second kappa shape index (κ2) is 11.9. The Morgan fingerprint density at radius 1 is 1.00 bits per heavy atom. The topological polar surface area (TPSA) is 109 Å². The summed E-state index contributed by atoms with van der Waals surface area (Å²) < 4.78 is 5.97. The van der Waals surface area contributed by atoms with Crippen molar-refractivity contribution >= 4 is 34.3 Å². The molecule has 0 aliphatic rings. The summed E-state index contributed by atoms with van der Waals surface area (Å²) in [6.07, 6.45) is 7.16. The monoisotopic (exact) mass is 482 g/mol. The van der Waals surface area contributed by atoms with Crippen LogP contribution in [0.5, 0.6) is 11.5 Å². The number of pyridine rings is 1. The highest BCUT2D eigenvalue weighted by atomic mass is 16.5. The van der Waals surface area contributed by atoms with E-state index < -0.39 is 11.8 Å². The molecule has 3 rings (SSSR count). The van der Waals surface area contributed by atoms with E-state index in [0.29, 0.717) is 22.8 Å². The molecule has 0 radical (unpaired) electrons. The Bertz CT molecular complexity index is 1410. The Labute approximate surface area is 209 Å². The Kier molecular flexibility index (Phi) is 8.50.